The van der Waals surface area contributed by atoms with Crippen molar-refractivity contribution in [2.24, 2.45) is 0 Å². The van der Waals surface area contributed by atoms with E-state index in [1.807, 2.05) is 39.8 Å². The second kappa shape index (κ2) is 4.11. The molecule has 0 bridgehead atoms. The second-order valence-corrected chi connectivity index (χ2v) is 6.36. The zero-order valence-electron chi connectivity index (χ0n) is 8.72. The highest BCUT2D eigenvalue weighted by atomic mass is 31.1. The van der Waals surface area contributed by atoms with Gasteiger partial charge in [-0.25, -0.2) is 0 Å². The van der Waals surface area contributed by atoms with E-state index in [9.17, 15) is 4.57 Å². The van der Waals surface area contributed by atoms with Crippen molar-refractivity contribution in [3.8, 4) is 0 Å². The predicted octanol–water partition coefficient (Wildman–Crippen LogP) is 2.90. The first kappa shape index (κ1) is 10.5. The van der Waals surface area contributed by atoms with Gasteiger partial charge in [0.15, 0.2) is 0 Å². The average molecular weight is 196 g/mol. The summed E-state index contributed by atoms with van der Waals surface area (Å²) in [4.78, 5) is 0. The van der Waals surface area contributed by atoms with Crippen LogP contribution in [0.25, 0.3) is 0 Å². The minimum Gasteiger partial charge on any atom is -0.322 e. The van der Waals surface area contributed by atoms with Gasteiger partial charge in [0.05, 0.1) is 0 Å². The monoisotopic (exact) mass is 196 g/mol. The van der Waals surface area contributed by atoms with E-state index in [2.05, 4.69) is 6.07 Å². The molecule has 0 spiro atoms. The highest BCUT2D eigenvalue weighted by molar-refractivity contribution is 7.54. The van der Waals surface area contributed by atoms with Crippen LogP contribution in [-0.4, -0.2) is 5.66 Å². The second-order valence-electron chi connectivity index (χ2n) is 3.90. The van der Waals surface area contributed by atoms with E-state index in [0.717, 1.165) is 5.30 Å². The average Bonchev–Trinajstić information content (AvgIpc) is 2.01. The summed E-state index contributed by atoms with van der Waals surface area (Å²) in [5.41, 5.74) is 2.68. The van der Waals surface area contributed by atoms with Gasteiger partial charge in [-0.15, -0.1) is 0 Å². The van der Waals surface area contributed by atoms with Gasteiger partial charge in [0, 0.05) is 11.0 Å². The topological polar surface area (TPSA) is 17.1 Å². The third kappa shape index (κ3) is 2.70. The summed E-state index contributed by atoms with van der Waals surface area (Å²) in [6.45, 7) is 8.12. The Morgan fingerprint density at radius 2 is 1.54 bits per heavy atom. The van der Waals surface area contributed by atoms with Crippen LogP contribution in [0.2, 0.25) is 0 Å². The fraction of sp³-hybridized carbons (Fsp3) is 0.455. The van der Waals surface area contributed by atoms with Crippen molar-refractivity contribution in [1.29, 1.82) is 0 Å². The Morgan fingerprint density at radius 3 is 1.92 bits per heavy atom. The molecule has 2 heteroatoms. The number of hydrogen-bond donors (Lipinski definition) is 0. The standard InChI is InChI=1S/C11H17OP/c1-8(2)13(12)11-6-9(3)5-10(4)7-11/h5-8,13H,1-4H3. The molecule has 13 heavy (non-hydrogen) atoms. The van der Waals surface area contributed by atoms with Crippen LogP contribution in [0.3, 0.4) is 0 Å². The first-order chi connectivity index (χ1) is 6.00. The fourth-order valence-electron chi connectivity index (χ4n) is 1.45. The largest absolute Gasteiger partial charge is 0.322 e. The molecule has 0 fully saturated rings. The minimum atomic E-state index is -1.58. The van der Waals surface area contributed by atoms with Crippen LogP contribution in [0, 0.1) is 13.8 Å². The third-order valence-corrected chi connectivity index (χ3v) is 3.94. The Balaban J connectivity index is 3.08. The van der Waals surface area contributed by atoms with Gasteiger partial charge in [0.1, 0.15) is 7.80 Å². The molecule has 72 valence electrons. The molecule has 0 aromatic heterocycles. The molecule has 1 aromatic carbocycles. The van der Waals surface area contributed by atoms with Crippen LogP contribution in [0.15, 0.2) is 18.2 Å². The smallest absolute Gasteiger partial charge is 0.106 e. The van der Waals surface area contributed by atoms with Crippen molar-refractivity contribution in [3.63, 3.8) is 0 Å². The molecule has 0 saturated carbocycles. The SMILES string of the molecule is Cc1cc(C)cc([PH](=O)C(C)C)c1. The number of rotatable bonds is 2. The Hall–Kier alpha value is -0.550. The van der Waals surface area contributed by atoms with Crippen molar-refractivity contribution >= 4 is 13.1 Å². The summed E-state index contributed by atoms with van der Waals surface area (Å²) in [5, 5.41) is 1.03. The van der Waals surface area contributed by atoms with E-state index in [4.69, 9.17) is 0 Å². The van der Waals surface area contributed by atoms with E-state index in [1.54, 1.807) is 0 Å². The lowest BCUT2D eigenvalue weighted by Crippen LogP contribution is -2.03. The molecule has 0 saturated heterocycles. The van der Waals surface area contributed by atoms with E-state index >= 15 is 0 Å². The first-order valence-electron chi connectivity index (χ1n) is 4.63. The summed E-state index contributed by atoms with van der Waals surface area (Å²) >= 11 is 0. The summed E-state index contributed by atoms with van der Waals surface area (Å²) in [5.74, 6) is 0. The lowest BCUT2D eigenvalue weighted by Gasteiger charge is -2.07. The van der Waals surface area contributed by atoms with Gasteiger partial charge < -0.3 is 4.57 Å². The fourth-order valence-corrected chi connectivity index (χ4v) is 2.86. The number of hydrogen-bond acceptors (Lipinski definition) is 1. The quantitative estimate of drug-likeness (QED) is 0.665. The third-order valence-electron chi connectivity index (χ3n) is 2.03. The summed E-state index contributed by atoms with van der Waals surface area (Å²) in [7, 11) is -1.58. The van der Waals surface area contributed by atoms with Crippen LogP contribution in [-0.2, 0) is 4.57 Å². The lowest BCUT2D eigenvalue weighted by molar-refractivity contribution is 0.588. The summed E-state index contributed by atoms with van der Waals surface area (Å²) in [6.07, 6.45) is 0. The highest BCUT2D eigenvalue weighted by Gasteiger charge is 2.08. The van der Waals surface area contributed by atoms with Crippen molar-refractivity contribution in [3.05, 3.63) is 29.3 Å². The Bertz CT molecular complexity index is 309. The Morgan fingerprint density at radius 1 is 1.08 bits per heavy atom. The molecule has 0 amide bonds. The van der Waals surface area contributed by atoms with Crippen molar-refractivity contribution in [1.82, 2.24) is 0 Å². The lowest BCUT2D eigenvalue weighted by atomic mass is 10.2. The van der Waals surface area contributed by atoms with Crippen LogP contribution < -0.4 is 5.30 Å². The molecule has 0 aliphatic heterocycles. The van der Waals surface area contributed by atoms with Crippen molar-refractivity contribution < 1.29 is 4.57 Å². The molecule has 0 heterocycles. The highest BCUT2D eigenvalue weighted by Crippen LogP contribution is 2.27. The Labute approximate surface area is 81.0 Å². The molecule has 1 atom stereocenters. The van der Waals surface area contributed by atoms with Gasteiger partial charge >= 0.3 is 0 Å². The van der Waals surface area contributed by atoms with Crippen LogP contribution in [0.5, 0.6) is 0 Å². The zero-order chi connectivity index (χ0) is 10.0. The Kier molecular flexibility index (Phi) is 3.33. The number of benzene rings is 1. The van der Waals surface area contributed by atoms with Gasteiger partial charge in [0.25, 0.3) is 0 Å². The molecule has 1 rings (SSSR count). The van der Waals surface area contributed by atoms with Gasteiger partial charge in [-0.3, -0.25) is 0 Å². The van der Waals surface area contributed by atoms with Crippen molar-refractivity contribution in [2.75, 3.05) is 0 Å². The molecule has 1 nitrogen and oxygen atoms in total. The molecular weight excluding hydrogens is 179 g/mol. The molecule has 0 aliphatic carbocycles. The van der Waals surface area contributed by atoms with E-state index in [0.29, 0.717) is 0 Å². The predicted molar refractivity (Wildman–Crippen MR) is 59.7 cm³/mol. The zero-order valence-corrected chi connectivity index (χ0v) is 9.72. The maximum atomic E-state index is 11.8. The van der Waals surface area contributed by atoms with Gasteiger partial charge in [-0.05, 0) is 26.0 Å². The van der Waals surface area contributed by atoms with Gasteiger partial charge in [0.2, 0.25) is 0 Å². The molecule has 0 aliphatic rings. The van der Waals surface area contributed by atoms with Crippen LogP contribution >= 0.6 is 7.80 Å². The normalized spacial score (nSPS) is 13.3. The molecule has 1 unspecified atom stereocenters. The summed E-state index contributed by atoms with van der Waals surface area (Å²) < 4.78 is 11.8. The van der Waals surface area contributed by atoms with E-state index in [1.165, 1.54) is 11.1 Å². The maximum absolute atomic E-state index is 11.8. The minimum absolute atomic E-state index is 0.270. The number of aryl methyl sites for hydroxylation is 2. The molecule has 0 radical (unpaired) electrons. The van der Waals surface area contributed by atoms with Crippen LogP contribution in [0.4, 0.5) is 0 Å². The van der Waals surface area contributed by atoms with Crippen LogP contribution in [0.1, 0.15) is 25.0 Å². The van der Waals surface area contributed by atoms with Gasteiger partial charge in [-0.2, -0.15) is 0 Å². The van der Waals surface area contributed by atoms with E-state index < -0.39 is 7.80 Å². The van der Waals surface area contributed by atoms with E-state index in [-0.39, 0.29) is 5.66 Å². The maximum Gasteiger partial charge on any atom is 0.106 e. The molecule has 1 aromatic rings. The summed E-state index contributed by atoms with van der Waals surface area (Å²) in [6, 6.07) is 6.18. The first-order valence-corrected chi connectivity index (χ1v) is 6.12. The molecule has 0 N–H and O–H groups in total. The van der Waals surface area contributed by atoms with Crippen molar-refractivity contribution in [2.45, 2.75) is 33.4 Å². The molecular formula is C11H17OP. The van der Waals surface area contributed by atoms with Gasteiger partial charge in [-0.1, -0.05) is 31.0 Å².